The van der Waals surface area contributed by atoms with Crippen LogP contribution in [0, 0.1) is 5.92 Å². The lowest BCUT2D eigenvalue weighted by Crippen LogP contribution is -2.19. The van der Waals surface area contributed by atoms with Gasteiger partial charge in [0.05, 0.1) is 5.38 Å². The summed E-state index contributed by atoms with van der Waals surface area (Å²) in [4.78, 5) is 2.43. The Balaban J connectivity index is 1.91. The maximum Gasteiger partial charge on any atom is 0.0501 e. The maximum absolute atomic E-state index is 6.16. The van der Waals surface area contributed by atoms with Crippen LogP contribution in [0.15, 0.2) is 16.8 Å². The second kappa shape index (κ2) is 3.99. The molecule has 2 atom stereocenters. The largest absolute Gasteiger partial charge is 0.297 e. The van der Waals surface area contributed by atoms with Gasteiger partial charge < -0.3 is 0 Å². The highest BCUT2D eigenvalue weighted by Crippen LogP contribution is 2.23. The average Bonchev–Trinajstić information content (AvgIpc) is 2.64. The van der Waals surface area contributed by atoms with Crippen molar-refractivity contribution in [3.05, 3.63) is 22.4 Å². The average molecular weight is 216 g/mol. The highest BCUT2D eigenvalue weighted by Gasteiger charge is 2.27. The Bertz CT molecular complexity index is 250. The van der Waals surface area contributed by atoms with Crippen LogP contribution in [0.1, 0.15) is 12.5 Å². The molecule has 0 radical (unpaired) electrons. The van der Waals surface area contributed by atoms with Crippen LogP contribution < -0.4 is 0 Å². The Hall–Kier alpha value is -0.0500. The van der Waals surface area contributed by atoms with Gasteiger partial charge in [-0.3, -0.25) is 4.90 Å². The molecule has 2 rings (SSSR count). The van der Waals surface area contributed by atoms with E-state index in [0.717, 1.165) is 19.6 Å². The number of likely N-dealkylation sites (tertiary alicyclic amines) is 1. The first-order valence-corrected chi connectivity index (χ1v) is 6.01. The summed E-state index contributed by atoms with van der Waals surface area (Å²) >= 11 is 7.92. The summed E-state index contributed by atoms with van der Waals surface area (Å²) < 4.78 is 0. The molecule has 0 spiro atoms. The van der Waals surface area contributed by atoms with Crippen LogP contribution in [-0.2, 0) is 6.54 Å². The predicted octanol–water partition coefficient (Wildman–Crippen LogP) is 2.81. The number of halogens is 1. The molecule has 0 aliphatic carbocycles. The van der Waals surface area contributed by atoms with Crippen LogP contribution in [0.4, 0.5) is 0 Å². The molecule has 2 unspecified atom stereocenters. The SMILES string of the molecule is CC1CN(Cc2ccsc2)CC1Cl. The van der Waals surface area contributed by atoms with Gasteiger partial charge in [0.25, 0.3) is 0 Å². The van der Waals surface area contributed by atoms with Gasteiger partial charge in [-0.2, -0.15) is 11.3 Å². The van der Waals surface area contributed by atoms with E-state index in [1.54, 1.807) is 11.3 Å². The van der Waals surface area contributed by atoms with Crippen molar-refractivity contribution < 1.29 is 0 Å². The van der Waals surface area contributed by atoms with Gasteiger partial charge >= 0.3 is 0 Å². The second-order valence-electron chi connectivity index (χ2n) is 3.82. The molecule has 1 aromatic rings. The van der Waals surface area contributed by atoms with E-state index in [9.17, 15) is 0 Å². The third kappa shape index (κ3) is 2.25. The van der Waals surface area contributed by atoms with Gasteiger partial charge in [0.15, 0.2) is 0 Å². The van der Waals surface area contributed by atoms with Crippen molar-refractivity contribution in [2.24, 2.45) is 5.92 Å². The molecule has 13 heavy (non-hydrogen) atoms. The monoisotopic (exact) mass is 215 g/mol. The summed E-state index contributed by atoms with van der Waals surface area (Å²) in [5.74, 6) is 0.639. The first-order chi connectivity index (χ1) is 6.25. The number of rotatable bonds is 2. The molecule has 0 saturated carbocycles. The first-order valence-electron chi connectivity index (χ1n) is 4.63. The van der Waals surface area contributed by atoms with Gasteiger partial charge in [-0.1, -0.05) is 6.92 Å². The van der Waals surface area contributed by atoms with E-state index in [2.05, 4.69) is 28.7 Å². The van der Waals surface area contributed by atoms with Gasteiger partial charge in [0, 0.05) is 19.6 Å². The highest BCUT2D eigenvalue weighted by molar-refractivity contribution is 7.07. The zero-order valence-electron chi connectivity index (χ0n) is 7.74. The zero-order valence-corrected chi connectivity index (χ0v) is 9.31. The molecule has 72 valence electrons. The molecule has 2 heterocycles. The molecule has 0 N–H and O–H groups in total. The van der Waals surface area contributed by atoms with Crippen molar-refractivity contribution in [3.8, 4) is 0 Å². The van der Waals surface area contributed by atoms with Gasteiger partial charge in [-0.05, 0) is 28.3 Å². The number of nitrogens with zero attached hydrogens (tertiary/aromatic N) is 1. The van der Waals surface area contributed by atoms with Gasteiger partial charge in [-0.15, -0.1) is 11.6 Å². The molecule has 1 nitrogen and oxygen atoms in total. The number of alkyl halides is 1. The number of hydrogen-bond acceptors (Lipinski definition) is 2. The molecule has 1 aromatic heterocycles. The van der Waals surface area contributed by atoms with Crippen LogP contribution in [-0.4, -0.2) is 23.4 Å². The van der Waals surface area contributed by atoms with Crippen LogP contribution in [0.25, 0.3) is 0 Å². The molecule has 1 saturated heterocycles. The summed E-state index contributed by atoms with van der Waals surface area (Å²) in [5.41, 5.74) is 1.42. The van der Waals surface area contributed by atoms with Crippen LogP contribution in [0.5, 0.6) is 0 Å². The fraction of sp³-hybridized carbons (Fsp3) is 0.600. The molecule has 1 aliphatic rings. The van der Waals surface area contributed by atoms with E-state index in [0.29, 0.717) is 11.3 Å². The van der Waals surface area contributed by atoms with Crippen molar-refractivity contribution in [1.82, 2.24) is 4.90 Å². The summed E-state index contributed by atoms with van der Waals surface area (Å²) in [5, 5.41) is 4.69. The van der Waals surface area contributed by atoms with E-state index in [4.69, 9.17) is 11.6 Å². The van der Waals surface area contributed by atoms with Gasteiger partial charge in [-0.25, -0.2) is 0 Å². The second-order valence-corrected chi connectivity index (χ2v) is 5.16. The van der Waals surface area contributed by atoms with Crippen molar-refractivity contribution in [3.63, 3.8) is 0 Å². The third-order valence-electron chi connectivity index (χ3n) is 2.58. The first kappa shape index (κ1) is 9.50. The number of thiophene rings is 1. The van der Waals surface area contributed by atoms with Crippen molar-refractivity contribution in [2.45, 2.75) is 18.8 Å². The fourth-order valence-electron chi connectivity index (χ4n) is 1.79. The van der Waals surface area contributed by atoms with Crippen LogP contribution in [0.3, 0.4) is 0 Å². The summed E-state index contributed by atoms with van der Waals surface area (Å²) in [7, 11) is 0. The Kier molecular flexibility index (Phi) is 2.92. The summed E-state index contributed by atoms with van der Waals surface area (Å²) in [6.45, 7) is 5.48. The van der Waals surface area contributed by atoms with E-state index < -0.39 is 0 Å². The molecule has 1 fully saturated rings. The topological polar surface area (TPSA) is 3.24 Å². The minimum Gasteiger partial charge on any atom is -0.297 e. The molecule has 0 aromatic carbocycles. The predicted molar refractivity (Wildman–Crippen MR) is 58.4 cm³/mol. The minimum atomic E-state index is 0.346. The Morgan fingerprint density at radius 3 is 3.00 bits per heavy atom. The highest BCUT2D eigenvalue weighted by atomic mass is 35.5. The Labute approximate surface area is 88.3 Å². The van der Waals surface area contributed by atoms with Gasteiger partial charge in [0.2, 0.25) is 0 Å². The lowest BCUT2D eigenvalue weighted by Gasteiger charge is -2.13. The normalized spacial score (nSPS) is 29.7. The quantitative estimate of drug-likeness (QED) is 0.686. The van der Waals surface area contributed by atoms with E-state index in [1.165, 1.54) is 5.56 Å². The van der Waals surface area contributed by atoms with Crippen LogP contribution in [0.2, 0.25) is 0 Å². The Morgan fingerprint density at radius 1 is 1.62 bits per heavy atom. The van der Waals surface area contributed by atoms with E-state index >= 15 is 0 Å². The zero-order chi connectivity index (χ0) is 9.26. The maximum atomic E-state index is 6.16. The fourth-order valence-corrected chi connectivity index (χ4v) is 2.73. The molecule has 0 bridgehead atoms. The lowest BCUT2D eigenvalue weighted by molar-refractivity contribution is 0.321. The van der Waals surface area contributed by atoms with E-state index in [1.807, 2.05) is 0 Å². The molecule has 3 heteroatoms. The smallest absolute Gasteiger partial charge is 0.0501 e. The van der Waals surface area contributed by atoms with Crippen molar-refractivity contribution in [1.29, 1.82) is 0 Å². The minimum absolute atomic E-state index is 0.346. The summed E-state index contributed by atoms with van der Waals surface area (Å²) in [6.07, 6.45) is 0. The third-order valence-corrected chi connectivity index (χ3v) is 3.88. The Morgan fingerprint density at radius 2 is 2.46 bits per heavy atom. The standard InChI is InChI=1S/C10H14ClNS/c1-8-4-12(6-10(8)11)5-9-2-3-13-7-9/h2-3,7-8,10H,4-6H2,1H3. The molecule has 1 aliphatic heterocycles. The molecule has 0 amide bonds. The van der Waals surface area contributed by atoms with Crippen molar-refractivity contribution in [2.75, 3.05) is 13.1 Å². The van der Waals surface area contributed by atoms with Crippen molar-refractivity contribution >= 4 is 22.9 Å². The number of hydrogen-bond donors (Lipinski definition) is 0. The molecular formula is C10H14ClNS. The van der Waals surface area contributed by atoms with E-state index in [-0.39, 0.29) is 0 Å². The van der Waals surface area contributed by atoms with Crippen LogP contribution >= 0.6 is 22.9 Å². The molecular weight excluding hydrogens is 202 g/mol. The summed E-state index contributed by atoms with van der Waals surface area (Å²) in [6, 6.07) is 2.19. The lowest BCUT2D eigenvalue weighted by atomic mass is 10.2. The van der Waals surface area contributed by atoms with Gasteiger partial charge in [0.1, 0.15) is 0 Å².